The molecule has 7 heteroatoms. The molecule has 0 spiro atoms. The Morgan fingerprint density at radius 1 is 1.18 bits per heavy atom. The SMILES string of the molecule is Nc1cc(Br)nc(Oc2cc(Br)ccc2F)n1. The van der Waals surface area contributed by atoms with Crippen molar-refractivity contribution in [2.75, 3.05) is 5.73 Å². The summed E-state index contributed by atoms with van der Waals surface area (Å²) in [6.45, 7) is 0. The van der Waals surface area contributed by atoms with Crippen LogP contribution in [0.15, 0.2) is 33.3 Å². The van der Waals surface area contributed by atoms with Crippen LogP contribution in [0.4, 0.5) is 10.2 Å². The molecule has 4 nitrogen and oxygen atoms in total. The average Bonchev–Trinajstić information content (AvgIpc) is 2.22. The fraction of sp³-hybridized carbons (Fsp3) is 0. The Bertz CT molecular complexity index is 545. The molecule has 0 aliphatic rings. The van der Waals surface area contributed by atoms with E-state index in [1.807, 2.05) is 0 Å². The van der Waals surface area contributed by atoms with E-state index in [0.717, 1.165) is 0 Å². The molecule has 2 rings (SSSR count). The van der Waals surface area contributed by atoms with Crippen LogP contribution in [0.5, 0.6) is 11.8 Å². The first-order chi connectivity index (χ1) is 8.04. The minimum atomic E-state index is -0.504. The second kappa shape index (κ2) is 4.97. The minimum Gasteiger partial charge on any atom is -0.421 e. The molecule has 0 atom stereocenters. The van der Waals surface area contributed by atoms with Gasteiger partial charge < -0.3 is 10.5 Å². The predicted octanol–water partition coefficient (Wildman–Crippen LogP) is 3.52. The highest BCUT2D eigenvalue weighted by atomic mass is 79.9. The molecule has 1 aromatic heterocycles. The number of aromatic nitrogens is 2. The number of hydrogen-bond acceptors (Lipinski definition) is 4. The van der Waals surface area contributed by atoms with Crippen LogP contribution in [0.25, 0.3) is 0 Å². The number of halogens is 3. The van der Waals surface area contributed by atoms with E-state index in [1.165, 1.54) is 18.2 Å². The molecule has 2 N–H and O–H groups in total. The van der Waals surface area contributed by atoms with Crippen LogP contribution in [0.2, 0.25) is 0 Å². The maximum Gasteiger partial charge on any atom is 0.325 e. The van der Waals surface area contributed by atoms with Crippen LogP contribution < -0.4 is 10.5 Å². The molecule has 1 heterocycles. The molecular formula is C10H6Br2FN3O. The van der Waals surface area contributed by atoms with Crippen LogP contribution in [0, 0.1) is 5.82 Å². The third-order valence-electron chi connectivity index (χ3n) is 1.79. The lowest BCUT2D eigenvalue weighted by Gasteiger charge is -2.06. The number of nitrogens with zero attached hydrogens (tertiary/aromatic N) is 2. The molecule has 17 heavy (non-hydrogen) atoms. The van der Waals surface area contributed by atoms with Crippen LogP contribution in [0.3, 0.4) is 0 Å². The Hall–Kier alpha value is -1.21. The van der Waals surface area contributed by atoms with E-state index in [9.17, 15) is 4.39 Å². The highest BCUT2D eigenvalue weighted by Gasteiger charge is 2.08. The van der Waals surface area contributed by atoms with E-state index < -0.39 is 5.82 Å². The van der Waals surface area contributed by atoms with E-state index in [1.54, 1.807) is 6.07 Å². The highest BCUT2D eigenvalue weighted by molar-refractivity contribution is 9.10. The second-order valence-corrected chi connectivity index (χ2v) is 4.80. The van der Waals surface area contributed by atoms with Gasteiger partial charge in [-0.2, -0.15) is 9.97 Å². The summed E-state index contributed by atoms with van der Waals surface area (Å²) < 4.78 is 19.8. The van der Waals surface area contributed by atoms with Gasteiger partial charge in [0, 0.05) is 10.5 Å². The Kier molecular flexibility index (Phi) is 3.58. The number of nitrogens with two attached hydrogens (primary N) is 1. The molecule has 2 aromatic rings. The summed E-state index contributed by atoms with van der Waals surface area (Å²) >= 11 is 6.36. The first-order valence-corrected chi connectivity index (χ1v) is 6.06. The van der Waals surface area contributed by atoms with Crippen LogP contribution in [0.1, 0.15) is 0 Å². The molecule has 88 valence electrons. The molecule has 0 unspecified atom stereocenters. The number of anilines is 1. The van der Waals surface area contributed by atoms with Gasteiger partial charge in [-0.15, -0.1) is 0 Å². The highest BCUT2D eigenvalue weighted by Crippen LogP contribution is 2.26. The minimum absolute atomic E-state index is 0.0196. The summed E-state index contributed by atoms with van der Waals surface area (Å²) in [5.74, 6) is -0.246. The molecule has 0 amide bonds. The maximum atomic E-state index is 13.4. The Labute approximate surface area is 113 Å². The molecule has 0 radical (unpaired) electrons. The Morgan fingerprint density at radius 3 is 2.65 bits per heavy atom. The Morgan fingerprint density at radius 2 is 1.94 bits per heavy atom. The van der Waals surface area contributed by atoms with Crippen molar-refractivity contribution < 1.29 is 9.13 Å². The first-order valence-electron chi connectivity index (χ1n) is 4.47. The lowest BCUT2D eigenvalue weighted by molar-refractivity contribution is 0.410. The third kappa shape index (κ3) is 3.13. The fourth-order valence-corrected chi connectivity index (χ4v) is 1.84. The van der Waals surface area contributed by atoms with Crippen molar-refractivity contribution in [3.63, 3.8) is 0 Å². The number of ether oxygens (including phenoxy) is 1. The fourth-order valence-electron chi connectivity index (χ4n) is 1.11. The zero-order valence-electron chi connectivity index (χ0n) is 8.32. The van der Waals surface area contributed by atoms with Crippen LogP contribution in [-0.2, 0) is 0 Å². The molecule has 0 aliphatic carbocycles. The van der Waals surface area contributed by atoms with Crippen molar-refractivity contribution in [2.24, 2.45) is 0 Å². The molecule has 0 saturated heterocycles. The van der Waals surface area contributed by atoms with Crippen LogP contribution in [-0.4, -0.2) is 9.97 Å². The van der Waals surface area contributed by atoms with Crippen molar-refractivity contribution in [1.82, 2.24) is 9.97 Å². The van der Waals surface area contributed by atoms with Crippen molar-refractivity contribution in [1.29, 1.82) is 0 Å². The standard InChI is InChI=1S/C10H6Br2FN3O/c11-5-1-2-6(13)7(3-5)17-10-15-8(12)4-9(14)16-10/h1-4H,(H2,14,15,16). The smallest absolute Gasteiger partial charge is 0.325 e. The average molecular weight is 363 g/mol. The van der Waals surface area contributed by atoms with Gasteiger partial charge in [0.05, 0.1) is 0 Å². The van der Waals surface area contributed by atoms with Gasteiger partial charge in [-0.3, -0.25) is 0 Å². The molecule has 0 aliphatic heterocycles. The van der Waals surface area contributed by atoms with Crippen molar-refractivity contribution in [3.05, 3.63) is 39.2 Å². The van der Waals surface area contributed by atoms with Gasteiger partial charge in [0.1, 0.15) is 10.4 Å². The van der Waals surface area contributed by atoms with Gasteiger partial charge in [-0.25, -0.2) is 4.39 Å². The number of hydrogen-bond donors (Lipinski definition) is 1. The van der Waals surface area contributed by atoms with E-state index in [2.05, 4.69) is 41.8 Å². The monoisotopic (exact) mass is 361 g/mol. The normalized spacial score (nSPS) is 10.3. The quantitative estimate of drug-likeness (QED) is 0.830. The molecular weight excluding hydrogens is 357 g/mol. The van der Waals surface area contributed by atoms with Gasteiger partial charge >= 0.3 is 6.01 Å². The van der Waals surface area contributed by atoms with E-state index >= 15 is 0 Å². The van der Waals surface area contributed by atoms with Gasteiger partial charge in [0.2, 0.25) is 0 Å². The van der Waals surface area contributed by atoms with Gasteiger partial charge in [0.15, 0.2) is 11.6 Å². The zero-order chi connectivity index (χ0) is 12.4. The topological polar surface area (TPSA) is 61.0 Å². The number of nitrogen functional groups attached to an aromatic ring is 1. The Balaban J connectivity index is 2.34. The van der Waals surface area contributed by atoms with Gasteiger partial charge in [0.25, 0.3) is 0 Å². The lowest BCUT2D eigenvalue weighted by atomic mass is 10.3. The summed E-state index contributed by atoms with van der Waals surface area (Å²) in [6, 6.07) is 5.83. The number of benzene rings is 1. The van der Waals surface area contributed by atoms with E-state index in [4.69, 9.17) is 10.5 Å². The van der Waals surface area contributed by atoms with E-state index in [0.29, 0.717) is 9.08 Å². The van der Waals surface area contributed by atoms with E-state index in [-0.39, 0.29) is 17.6 Å². The third-order valence-corrected chi connectivity index (χ3v) is 2.69. The zero-order valence-corrected chi connectivity index (χ0v) is 11.5. The molecule has 0 saturated carbocycles. The second-order valence-electron chi connectivity index (χ2n) is 3.07. The summed E-state index contributed by atoms with van der Waals surface area (Å²) in [5, 5.41) is 0. The number of rotatable bonds is 2. The summed E-state index contributed by atoms with van der Waals surface area (Å²) in [5.41, 5.74) is 5.52. The lowest BCUT2D eigenvalue weighted by Crippen LogP contribution is -1.98. The van der Waals surface area contributed by atoms with Crippen molar-refractivity contribution >= 4 is 37.7 Å². The van der Waals surface area contributed by atoms with Crippen LogP contribution >= 0.6 is 31.9 Å². The molecule has 1 aromatic carbocycles. The summed E-state index contributed by atoms with van der Waals surface area (Å²) in [6.07, 6.45) is 0. The maximum absolute atomic E-state index is 13.4. The summed E-state index contributed by atoms with van der Waals surface area (Å²) in [4.78, 5) is 7.75. The van der Waals surface area contributed by atoms with Gasteiger partial charge in [-0.1, -0.05) is 15.9 Å². The van der Waals surface area contributed by atoms with Crippen molar-refractivity contribution in [2.45, 2.75) is 0 Å². The summed E-state index contributed by atoms with van der Waals surface area (Å²) in [7, 11) is 0. The van der Waals surface area contributed by atoms with Gasteiger partial charge in [-0.05, 0) is 34.1 Å². The predicted molar refractivity (Wildman–Crippen MR) is 68.3 cm³/mol. The largest absolute Gasteiger partial charge is 0.421 e. The van der Waals surface area contributed by atoms with Crippen molar-refractivity contribution in [3.8, 4) is 11.8 Å². The molecule has 0 bridgehead atoms. The first kappa shape index (κ1) is 12.3. The molecule has 0 fully saturated rings.